The predicted molar refractivity (Wildman–Crippen MR) is 78.6 cm³/mol. The summed E-state index contributed by atoms with van der Waals surface area (Å²) in [5.41, 5.74) is 1.48. The summed E-state index contributed by atoms with van der Waals surface area (Å²) in [6, 6.07) is 2.30. The minimum atomic E-state index is -5.00. The first-order chi connectivity index (χ1) is 11.4. The minimum Gasteiger partial charge on any atom is -0.383 e. The highest BCUT2D eigenvalue weighted by atomic mass is 19.4. The van der Waals surface area contributed by atoms with Crippen molar-refractivity contribution >= 4 is 11.5 Å². The van der Waals surface area contributed by atoms with Crippen LogP contribution in [0.2, 0.25) is 0 Å². The summed E-state index contributed by atoms with van der Waals surface area (Å²) >= 11 is 0. The number of halogens is 6. The molecule has 0 saturated heterocycles. The van der Waals surface area contributed by atoms with E-state index in [9.17, 15) is 31.1 Å². The quantitative estimate of drug-likeness (QED) is 0.485. The number of hydrogen-bond acceptors (Lipinski definition) is 2. The molecule has 2 rings (SSSR count). The van der Waals surface area contributed by atoms with Crippen LogP contribution in [0.4, 0.5) is 32.0 Å². The van der Waals surface area contributed by atoms with E-state index in [0.717, 1.165) is 0 Å². The fourth-order valence-electron chi connectivity index (χ4n) is 2.09. The maximum absolute atomic E-state index is 12.8. The second-order valence-electron chi connectivity index (χ2n) is 5.13. The van der Waals surface area contributed by atoms with Crippen molar-refractivity contribution in [2.24, 2.45) is 10.7 Å². The predicted octanol–water partition coefficient (Wildman–Crippen LogP) is 3.76. The zero-order valence-corrected chi connectivity index (χ0v) is 12.6. The number of aromatic amines is 1. The summed E-state index contributed by atoms with van der Waals surface area (Å²) in [6.07, 6.45) is -8.68. The minimum absolute atomic E-state index is 0.0181. The molecular weight excluding hydrogens is 352 g/mol. The molecule has 0 aliphatic carbocycles. The van der Waals surface area contributed by atoms with Crippen molar-refractivity contribution in [2.45, 2.75) is 19.3 Å². The first-order valence-electron chi connectivity index (χ1n) is 6.72. The van der Waals surface area contributed by atoms with E-state index in [2.05, 4.69) is 9.98 Å². The highest BCUT2D eigenvalue weighted by Gasteiger charge is 2.37. The first-order valence-corrected chi connectivity index (χ1v) is 6.72. The molecule has 0 fully saturated rings. The molecule has 0 aliphatic heterocycles. The number of rotatable bonds is 2. The molecule has 2 aromatic rings. The molecule has 0 spiro atoms. The number of hydrogen-bond donors (Lipinski definition) is 2. The Balaban J connectivity index is 2.64. The molecule has 0 radical (unpaired) electrons. The molecule has 1 heterocycles. The topological polar surface area (TPSA) is 71.2 Å². The molecule has 134 valence electrons. The van der Waals surface area contributed by atoms with E-state index >= 15 is 0 Å². The first kappa shape index (κ1) is 18.6. The van der Waals surface area contributed by atoms with Crippen LogP contribution >= 0.6 is 0 Å². The number of amidine groups is 1. The lowest BCUT2D eigenvalue weighted by atomic mass is 10.1. The Kier molecular flexibility index (Phi) is 4.65. The van der Waals surface area contributed by atoms with Gasteiger partial charge in [-0.1, -0.05) is 0 Å². The van der Waals surface area contributed by atoms with E-state index in [4.69, 9.17) is 5.73 Å². The fourth-order valence-corrected chi connectivity index (χ4v) is 2.09. The average molecular weight is 363 g/mol. The number of aliphatic imine (C=N–C) groups is 1. The van der Waals surface area contributed by atoms with Gasteiger partial charge in [0.25, 0.3) is 5.56 Å². The molecule has 0 amide bonds. The number of nitrogens with two attached hydrogens (primary N) is 1. The zero-order valence-electron chi connectivity index (χ0n) is 12.6. The van der Waals surface area contributed by atoms with Gasteiger partial charge in [0, 0.05) is 6.20 Å². The lowest BCUT2D eigenvalue weighted by Gasteiger charge is -2.13. The van der Waals surface area contributed by atoms with Crippen molar-refractivity contribution in [1.29, 1.82) is 0 Å². The van der Waals surface area contributed by atoms with E-state index in [0.29, 0.717) is 17.7 Å². The molecule has 0 atom stereocenters. The van der Waals surface area contributed by atoms with Gasteiger partial charge in [-0.2, -0.15) is 26.3 Å². The lowest BCUT2D eigenvalue weighted by Crippen LogP contribution is -2.25. The Morgan fingerprint density at radius 1 is 1.04 bits per heavy atom. The maximum atomic E-state index is 12.8. The second kappa shape index (κ2) is 6.26. The Bertz CT molecular complexity index is 848. The third-order valence-electron chi connectivity index (χ3n) is 3.25. The Hall–Kier alpha value is -2.78. The van der Waals surface area contributed by atoms with Crippen LogP contribution < -0.4 is 11.3 Å². The van der Waals surface area contributed by atoms with Crippen LogP contribution in [-0.2, 0) is 12.4 Å². The van der Waals surface area contributed by atoms with Gasteiger partial charge in [-0.3, -0.25) is 4.79 Å². The van der Waals surface area contributed by atoms with Crippen LogP contribution in [0.1, 0.15) is 22.3 Å². The van der Waals surface area contributed by atoms with Gasteiger partial charge in [0.1, 0.15) is 5.84 Å². The maximum Gasteiger partial charge on any atom is 0.416 e. The van der Waals surface area contributed by atoms with Crippen molar-refractivity contribution in [3.63, 3.8) is 0 Å². The molecule has 0 bridgehead atoms. The van der Waals surface area contributed by atoms with Gasteiger partial charge in [-0.05, 0) is 36.8 Å². The summed E-state index contributed by atoms with van der Waals surface area (Å²) in [6.45, 7) is 1.50. The van der Waals surface area contributed by atoms with Gasteiger partial charge >= 0.3 is 12.4 Å². The van der Waals surface area contributed by atoms with Crippen molar-refractivity contribution in [1.82, 2.24) is 4.98 Å². The van der Waals surface area contributed by atoms with E-state index in [1.807, 2.05) is 0 Å². The van der Waals surface area contributed by atoms with Crippen molar-refractivity contribution < 1.29 is 26.3 Å². The normalized spacial score (nSPS) is 13.2. The monoisotopic (exact) mass is 363 g/mol. The summed E-state index contributed by atoms with van der Waals surface area (Å²) in [4.78, 5) is 17.6. The van der Waals surface area contributed by atoms with Crippen LogP contribution in [-0.4, -0.2) is 10.8 Å². The van der Waals surface area contributed by atoms with Gasteiger partial charge in [-0.25, -0.2) is 4.99 Å². The van der Waals surface area contributed by atoms with Crippen molar-refractivity contribution in [3.05, 3.63) is 63.1 Å². The van der Waals surface area contributed by atoms with E-state index in [1.165, 1.54) is 19.2 Å². The molecule has 25 heavy (non-hydrogen) atoms. The zero-order chi connectivity index (χ0) is 19.0. The van der Waals surface area contributed by atoms with E-state index in [-0.39, 0.29) is 11.6 Å². The molecular formula is C15H11F6N3O. The smallest absolute Gasteiger partial charge is 0.383 e. The Labute approximate surface area is 137 Å². The molecule has 0 aliphatic rings. The van der Waals surface area contributed by atoms with Crippen LogP contribution in [0.25, 0.3) is 0 Å². The molecule has 0 saturated carbocycles. The van der Waals surface area contributed by atoms with Crippen LogP contribution in [0.5, 0.6) is 0 Å². The lowest BCUT2D eigenvalue weighted by molar-refractivity contribution is -0.143. The SMILES string of the molecule is Cc1cc[nH]c(=O)c1C(N)=Nc1cc(C(F)(F)F)cc(C(F)(F)F)c1. The molecule has 3 N–H and O–H groups in total. The van der Waals surface area contributed by atoms with Crippen LogP contribution in [0.3, 0.4) is 0 Å². The Morgan fingerprint density at radius 2 is 1.56 bits per heavy atom. The van der Waals surface area contributed by atoms with Crippen molar-refractivity contribution in [3.8, 4) is 0 Å². The van der Waals surface area contributed by atoms with Gasteiger partial charge in [0.05, 0.1) is 22.4 Å². The number of aromatic nitrogens is 1. The summed E-state index contributed by atoms with van der Waals surface area (Å²) < 4.78 is 76.9. The van der Waals surface area contributed by atoms with Gasteiger partial charge < -0.3 is 10.7 Å². The third kappa shape index (κ3) is 4.20. The molecule has 0 unspecified atom stereocenters. The molecule has 10 heteroatoms. The number of pyridine rings is 1. The standard InChI is InChI=1S/C15H11F6N3O/c1-7-2-3-23-13(25)11(7)12(22)24-10-5-8(14(16,17)18)4-9(6-10)15(19,20)21/h2-6H,1H3,(H2,22,24)(H,23,25). The summed E-state index contributed by atoms with van der Waals surface area (Å²) in [7, 11) is 0. The Morgan fingerprint density at radius 3 is 2.00 bits per heavy atom. The van der Waals surface area contributed by atoms with E-state index < -0.39 is 40.6 Å². The number of nitrogens with one attached hydrogen (secondary N) is 1. The highest BCUT2D eigenvalue weighted by molar-refractivity contribution is 5.99. The summed E-state index contributed by atoms with van der Waals surface area (Å²) in [5.74, 6) is -0.494. The number of nitrogens with zero attached hydrogens (tertiary/aromatic N) is 1. The number of alkyl halides is 6. The third-order valence-corrected chi connectivity index (χ3v) is 3.25. The molecule has 1 aromatic heterocycles. The second-order valence-corrected chi connectivity index (χ2v) is 5.13. The number of aryl methyl sites for hydroxylation is 1. The largest absolute Gasteiger partial charge is 0.416 e. The van der Waals surface area contributed by atoms with Crippen LogP contribution in [0, 0.1) is 6.92 Å². The molecule has 1 aromatic carbocycles. The van der Waals surface area contributed by atoms with Gasteiger partial charge in [-0.15, -0.1) is 0 Å². The summed E-state index contributed by atoms with van der Waals surface area (Å²) in [5, 5.41) is 0. The molecule has 4 nitrogen and oxygen atoms in total. The fraction of sp³-hybridized carbons (Fsp3) is 0.200. The highest BCUT2D eigenvalue weighted by Crippen LogP contribution is 2.38. The van der Waals surface area contributed by atoms with Crippen molar-refractivity contribution in [2.75, 3.05) is 0 Å². The number of H-pyrrole nitrogens is 1. The van der Waals surface area contributed by atoms with Gasteiger partial charge in [0.2, 0.25) is 0 Å². The van der Waals surface area contributed by atoms with Crippen LogP contribution in [0.15, 0.2) is 40.2 Å². The van der Waals surface area contributed by atoms with Gasteiger partial charge in [0.15, 0.2) is 0 Å². The number of benzene rings is 1. The average Bonchev–Trinajstić information content (AvgIpc) is 2.44. The van der Waals surface area contributed by atoms with E-state index in [1.54, 1.807) is 0 Å².